The van der Waals surface area contributed by atoms with Crippen LogP contribution in [0.1, 0.15) is 37.4 Å². The summed E-state index contributed by atoms with van der Waals surface area (Å²) in [6.07, 6.45) is -0.613. The number of hydrogen-bond acceptors (Lipinski definition) is 4. The first kappa shape index (κ1) is 19.1. The van der Waals surface area contributed by atoms with Gasteiger partial charge in [-0.05, 0) is 17.7 Å². The zero-order valence-electron chi connectivity index (χ0n) is 15.5. The standard InChI is InChI=1S/C23H16BrNO4/c1-25(23(28)29-13-14-7-3-2-4-8-14)18-12-11-17(24)19-20(18)22(27)16-10-6-5-9-15(16)21(19)26/h2-12H,13H2,1H3. The summed E-state index contributed by atoms with van der Waals surface area (Å²) in [5, 5.41) is 0. The SMILES string of the molecule is CN(C(=O)OCc1ccccc1)c1ccc(Br)c2c1C(=O)c1ccccc1C2=O. The molecule has 0 unspecified atom stereocenters. The van der Waals surface area contributed by atoms with Crippen molar-refractivity contribution in [2.75, 3.05) is 11.9 Å². The lowest BCUT2D eigenvalue weighted by atomic mass is 9.83. The van der Waals surface area contributed by atoms with Crippen LogP contribution in [0.25, 0.3) is 0 Å². The van der Waals surface area contributed by atoms with Crippen molar-refractivity contribution >= 4 is 39.3 Å². The molecule has 29 heavy (non-hydrogen) atoms. The van der Waals surface area contributed by atoms with Gasteiger partial charge in [-0.15, -0.1) is 0 Å². The maximum atomic E-state index is 13.2. The summed E-state index contributed by atoms with van der Waals surface area (Å²) in [4.78, 5) is 40.1. The Morgan fingerprint density at radius 1 is 0.862 bits per heavy atom. The largest absolute Gasteiger partial charge is 0.444 e. The number of hydrogen-bond donors (Lipinski definition) is 0. The summed E-state index contributed by atoms with van der Waals surface area (Å²) in [6.45, 7) is 0.110. The molecular weight excluding hydrogens is 434 g/mol. The monoisotopic (exact) mass is 449 g/mol. The number of ether oxygens (including phenoxy) is 1. The van der Waals surface area contributed by atoms with E-state index >= 15 is 0 Å². The summed E-state index contributed by atoms with van der Waals surface area (Å²) < 4.78 is 5.89. The van der Waals surface area contributed by atoms with Crippen molar-refractivity contribution < 1.29 is 19.1 Å². The van der Waals surface area contributed by atoms with E-state index in [1.165, 1.54) is 11.9 Å². The number of amides is 1. The molecule has 0 saturated heterocycles. The number of carbonyl (C=O) groups excluding carboxylic acids is 3. The van der Waals surface area contributed by atoms with Crippen LogP contribution in [0.2, 0.25) is 0 Å². The highest BCUT2D eigenvalue weighted by molar-refractivity contribution is 9.10. The van der Waals surface area contributed by atoms with Gasteiger partial charge in [0.1, 0.15) is 6.61 Å². The van der Waals surface area contributed by atoms with Crippen LogP contribution in [0, 0.1) is 0 Å². The number of fused-ring (bicyclic) bond motifs is 2. The van der Waals surface area contributed by atoms with Crippen LogP contribution >= 0.6 is 15.9 Å². The highest BCUT2D eigenvalue weighted by Gasteiger charge is 2.35. The molecule has 5 nitrogen and oxygen atoms in total. The maximum Gasteiger partial charge on any atom is 0.414 e. The predicted octanol–water partition coefficient (Wildman–Crippen LogP) is 5.00. The fourth-order valence-electron chi connectivity index (χ4n) is 3.36. The first-order chi connectivity index (χ1) is 14.0. The summed E-state index contributed by atoms with van der Waals surface area (Å²) >= 11 is 3.38. The van der Waals surface area contributed by atoms with Crippen LogP contribution in [0.5, 0.6) is 0 Å². The number of anilines is 1. The molecular formula is C23H16BrNO4. The molecule has 0 aliphatic heterocycles. The zero-order valence-corrected chi connectivity index (χ0v) is 17.1. The quantitative estimate of drug-likeness (QED) is 0.441. The van der Waals surface area contributed by atoms with E-state index in [0.717, 1.165) is 5.56 Å². The average molecular weight is 450 g/mol. The van der Waals surface area contributed by atoms with E-state index in [1.54, 1.807) is 36.4 Å². The van der Waals surface area contributed by atoms with Crippen molar-refractivity contribution in [3.63, 3.8) is 0 Å². The Hall–Kier alpha value is -3.25. The summed E-state index contributed by atoms with van der Waals surface area (Å²) in [5.41, 5.74) is 2.32. The smallest absolute Gasteiger partial charge is 0.414 e. The highest BCUT2D eigenvalue weighted by atomic mass is 79.9. The molecule has 1 amide bonds. The van der Waals surface area contributed by atoms with Crippen molar-refractivity contribution in [2.45, 2.75) is 6.61 Å². The zero-order chi connectivity index (χ0) is 20.5. The summed E-state index contributed by atoms with van der Waals surface area (Å²) in [6, 6.07) is 19.3. The van der Waals surface area contributed by atoms with Crippen LogP contribution < -0.4 is 4.90 Å². The third-order valence-electron chi connectivity index (χ3n) is 4.84. The third-order valence-corrected chi connectivity index (χ3v) is 5.50. The molecule has 0 heterocycles. The summed E-state index contributed by atoms with van der Waals surface area (Å²) in [7, 11) is 1.52. The van der Waals surface area contributed by atoms with Gasteiger partial charge in [-0.2, -0.15) is 0 Å². The first-order valence-corrected chi connectivity index (χ1v) is 9.73. The molecule has 0 saturated carbocycles. The predicted molar refractivity (Wildman–Crippen MR) is 112 cm³/mol. The fourth-order valence-corrected chi connectivity index (χ4v) is 3.87. The number of nitrogens with zero attached hydrogens (tertiary/aromatic N) is 1. The van der Waals surface area contributed by atoms with Crippen LogP contribution in [-0.2, 0) is 11.3 Å². The Labute approximate surface area is 176 Å². The van der Waals surface area contributed by atoms with Gasteiger partial charge in [0.05, 0.1) is 16.8 Å². The Balaban J connectivity index is 1.70. The Morgan fingerprint density at radius 2 is 1.45 bits per heavy atom. The molecule has 0 N–H and O–H groups in total. The molecule has 0 radical (unpaired) electrons. The minimum atomic E-state index is -0.613. The molecule has 0 spiro atoms. The second-order valence-electron chi connectivity index (χ2n) is 6.62. The van der Waals surface area contributed by atoms with Gasteiger partial charge in [-0.25, -0.2) is 4.79 Å². The van der Waals surface area contributed by atoms with Gasteiger partial charge < -0.3 is 4.74 Å². The highest BCUT2D eigenvalue weighted by Crippen LogP contribution is 2.37. The van der Waals surface area contributed by atoms with Gasteiger partial charge >= 0.3 is 6.09 Å². The second-order valence-corrected chi connectivity index (χ2v) is 7.47. The molecule has 3 aromatic rings. The molecule has 144 valence electrons. The van der Waals surface area contributed by atoms with E-state index in [0.29, 0.717) is 21.3 Å². The van der Waals surface area contributed by atoms with E-state index in [9.17, 15) is 14.4 Å². The van der Waals surface area contributed by atoms with Crippen molar-refractivity contribution in [1.29, 1.82) is 0 Å². The fraction of sp³-hybridized carbons (Fsp3) is 0.0870. The molecule has 1 aliphatic carbocycles. The van der Waals surface area contributed by atoms with E-state index in [4.69, 9.17) is 4.74 Å². The number of carbonyl (C=O) groups is 3. The van der Waals surface area contributed by atoms with E-state index in [-0.39, 0.29) is 29.3 Å². The topological polar surface area (TPSA) is 63.7 Å². The van der Waals surface area contributed by atoms with E-state index in [2.05, 4.69) is 15.9 Å². The van der Waals surface area contributed by atoms with Gasteiger partial charge in [-0.1, -0.05) is 70.5 Å². The summed E-state index contributed by atoms with van der Waals surface area (Å²) in [5.74, 6) is -0.552. The number of benzene rings is 3. The first-order valence-electron chi connectivity index (χ1n) is 8.94. The molecule has 0 bridgehead atoms. The lowest BCUT2D eigenvalue weighted by Crippen LogP contribution is -2.31. The molecule has 4 rings (SSSR count). The normalized spacial score (nSPS) is 12.2. The maximum absolute atomic E-state index is 13.2. The van der Waals surface area contributed by atoms with Crippen molar-refractivity contribution in [1.82, 2.24) is 0 Å². The van der Waals surface area contributed by atoms with Crippen LogP contribution in [0.15, 0.2) is 71.2 Å². The van der Waals surface area contributed by atoms with E-state index < -0.39 is 6.09 Å². The Kier molecular flexibility index (Phi) is 5.03. The Bertz CT molecular complexity index is 1140. The van der Waals surface area contributed by atoms with Gasteiger partial charge in [0.2, 0.25) is 0 Å². The third kappa shape index (κ3) is 3.36. The van der Waals surface area contributed by atoms with Gasteiger partial charge in [0.15, 0.2) is 11.6 Å². The van der Waals surface area contributed by atoms with Crippen LogP contribution in [0.3, 0.4) is 0 Å². The molecule has 1 aliphatic rings. The molecule has 0 aromatic heterocycles. The van der Waals surface area contributed by atoms with Gasteiger partial charge in [0.25, 0.3) is 0 Å². The Morgan fingerprint density at radius 3 is 2.10 bits per heavy atom. The lowest BCUT2D eigenvalue weighted by Gasteiger charge is -2.25. The minimum absolute atomic E-state index is 0.110. The molecule has 3 aromatic carbocycles. The van der Waals surface area contributed by atoms with Gasteiger partial charge in [0, 0.05) is 22.6 Å². The molecule has 0 fully saturated rings. The van der Waals surface area contributed by atoms with Crippen molar-refractivity contribution in [2.24, 2.45) is 0 Å². The van der Waals surface area contributed by atoms with Crippen molar-refractivity contribution in [3.8, 4) is 0 Å². The van der Waals surface area contributed by atoms with Crippen LogP contribution in [-0.4, -0.2) is 24.7 Å². The van der Waals surface area contributed by atoms with Crippen LogP contribution in [0.4, 0.5) is 10.5 Å². The van der Waals surface area contributed by atoms with Gasteiger partial charge in [-0.3, -0.25) is 14.5 Å². The average Bonchev–Trinajstić information content (AvgIpc) is 2.76. The number of ketones is 2. The second kappa shape index (κ2) is 7.64. The molecule has 6 heteroatoms. The van der Waals surface area contributed by atoms with E-state index in [1.807, 2.05) is 30.3 Å². The molecule has 0 atom stereocenters. The van der Waals surface area contributed by atoms with Crippen molar-refractivity contribution in [3.05, 3.63) is 99.0 Å². The minimum Gasteiger partial charge on any atom is -0.444 e. The lowest BCUT2D eigenvalue weighted by molar-refractivity contribution is 0.0978. The number of rotatable bonds is 3. The number of halogens is 1.